The molecule has 0 unspecified atom stereocenters. The van der Waals surface area contributed by atoms with Gasteiger partial charge < -0.3 is 10.3 Å². The number of aryl methyl sites for hydroxylation is 1. The van der Waals surface area contributed by atoms with Crippen LogP contribution < -0.4 is 5.32 Å². The monoisotopic (exact) mass is 325 g/mol. The van der Waals surface area contributed by atoms with Gasteiger partial charge in [0.25, 0.3) is 0 Å². The minimum atomic E-state index is 0.377. The van der Waals surface area contributed by atoms with Crippen molar-refractivity contribution < 1.29 is 0 Å². The first kappa shape index (κ1) is 15.1. The van der Waals surface area contributed by atoms with Crippen molar-refractivity contribution in [2.45, 2.75) is 18.9 Å². The average molecular weight is 325 g/mol. The molecule has 7 heteroatoms. The van der Waals surface area contributed by atoms with Crippen LogP contribution in [0.5, 0.6) is 0 Å². The fourth-order valence-electron chi connectivity index (χ4n) is 3.86. The second-order valence-corrected chi connectivity index (χ2v) is 6.55. The molecule has 4 heterocycles. The highest BCUT2D eigenvalue weighted by molar-refractivity contribution is 5.86. The van der Waals surface area contributed by atoms with Crippen LogP contribution in [-0.2, 0) is 7.05 Å². The standard InChI is InChI=1S/C17H23N7/c1-23-9-3-4-12(15(23)14-6-8-22-24(14)2)10-19-17-13-5-7-18-16(13)20-11-21-17/h5-8,11-12,15H,3-4,9-10H2,1-2H3,(H2,18,19,20,21)/t12-,15+/m0/s1. The third-order valence-corrected chi connectivity index (χ3v) is 5.05. The molecule has 0 radical (unpaired) electrons. The summed E-state index contributed by atoms with van der Waals surface area (Å²) >= 11 is 0. The van der Waals surface area contributed by atoms with E-state index in [9.17, 15) is 0 Å². The van der Waals surface area contributed by atoms with Crippen LogP contribution in [0.25, 0.3) is 11.0 Å². The summed E-state index contributed by atoms with van der Waals surface area (Å²) in [6.07, 6.45) is 7.81. The normalized spacial score (nSPS) is 22.1. The highest BCUT2D eigenvalue weighted by Crippen LogP contribution is 2.35. The predicted octanol–water partition coefficient (Wildman–Crippen LogP) is 2.19. The van der Waals surface area contributed by atoms with Gasteiger partial charge in [-0.2, -0.15) is 5.10 Å². The van der Waals surface area contributed by atoms with Gasteiger partial charge in [-0.05, 0) is 44.5 Å². The van der Waals surface area contributed by atoms with Gasteiger partial charge in [0.05, 0.1) is 17.1 Å². The lowest BCUT2D eigenvalue weighted by Crippen LogP contribution is -2.40. The Bertz CT molecular complexity index is 821. The molecule has 0 amide bonds. The molecule has 4 rings (SSSR count). The number of fused-ring (bicyclic) bond motifs is 1. The molecule has 0 aromatic carbocycles. The summed E-state index contributed by atoms with van der Waals surface area (Å²) in [5, 5.41) is 8.95. The van der Waals surface area contributed by atoms with Crippen molar-refractivity contribution >= 4 is 16.9 Å². The maximum absolute atomic E-state index is 4.41. The van der Waals surface area contributed by atoms with Crippen molar-refractivity contribution in [1.82, 2.24) is 29.6 Å². The molecule has 1 saturated heterocycles. The smallest absolute Gasteiger partial charge is 0.142 e. The Morgan fingerprint density at radius 2 is 2.21 bits per heavy atom. The summed E-state index contributed by atoms with van der Waals surface area (Å²) in [5.41, 5.74) is 2.15. The van der Waals surface area contributed by atoms with Crippen LogP contribution in [-0.4, -0.2) is 49.8 Å². The molecule has 1 fully saturated rings. The Morgan fingerprint density at radius 3 is 3.04 bits per heavy atom. The van der Waals surface area contributed by atoms with E-state index < -0.39 is 0 Å². The highest BCUT2D eigenvalue weighted by Gasteiger charge is 2.32. The van der Waals surface area contributed by atoms with E-state index in [2.05, 4.69) is 43.4 Å². The van der Waals surface area contributed by atoms with Crippen LogP contribution in [0.2, 0.25) is 0 Å². The van der Waals surface area contributed by atoms with E-state index in [1.165, 1.54) is 18.5 Å². The van der Waals surface area contributed by atoms with Gasteiger partial charge in [-0.25, -0.2) is 9.97 Å². The zero-order valence-electron chi connectivity index (χ0n) is 14.1. The first-order chi connectivity index (χ1) is 11.7. The lowest BCUT2D eigenvalue weighted by atomic mass is 9.87. The van der Waals surface area contributed by atoms with Gasteiger partial charge in [0, 0.05) is 26.0 Å². The summed E-state index contributed by atoms with van der Waals surface area (Å²) in [7, 11) is 4.23. The molecule has 3 aromatic rings. The second-order valence-electron chi connectivity index (χ2n) is 6.55. The van der Waals surface area contributed by atoms with Crippen molar-refractivity contribution in [3.63, 3.8) is 0 Å². The lowest BCUT2D eigenvalue weighted by molar-refractivity contribution is 0.121. The summed E-state index contributed by atoms with van der Waals surface area (Å²) in [6, 6.07) is 4.53. The molecule has 2 N–H and O–H groups in total. The minimum absolute atomic E-state index is 0.377. The number of aromatic nitrogens is 5. The number of hydrogen-bond donors (Lipinski definition) is 2. The highest BCUT2D eigenvalue weighted by atomic mass is 15.3. The van der Waals surface area contributed by atoms with Crippen molar-refractivity contribution in [1.29, 1.82) is 0 Å². The minimum Gasteiger partial charge on any atom is -0.369 e. The fourth-order valence-corrected chi connectivity index (χ4v) is 3.86. The van der Waals surface area contributed by atoms with Gasteiger partial charge in [0.2, 0.25) is 0 Å². The van der Waals surface area contributed by atoms with Gasteiger partial charge >= 0.3 is 0 Å². The Morgan fingerprint density at radius 1 is 1.29 bits per heavy atom. The van der Waals surface area contributed by atoms with Crippen molar-refractivity contribution in [3.8, 4) is 0 Å². The van der Waals surface area contributed by atoms with E-state index >= 15 is 0 Å². The van der Waals surface area contributed by atoms with E-state index in [1.54, 1.807) is 6.33 Å². The third kappa shape index (κ3) is 2.65. The molecule has 1 aliphatic heterocycles. The van der Waals surface area contributed by atoms with Gasteiger partial charge in [0.15, 0.2) is 0 Å². The summed E-state index contributed by atoms with van der Waals surface area (Å²) in [6.45, 7) is 2.01. The molecule has 24 heavy (non-hydrogen) atoms. The number of aromatic amines is 1. The number of piperidine rings is 1. The average Bonchev–Trinajstić information content (AvgIpc) is 3.22. The topological polar surface area (TPSA) is 74.7 Å². The van der Waals surface area contributed by atoms with E-state index in [-0.39, 0.29) is 0 Å². The van der Waals surface area contributed by atoms with Gasteiger partial charge in [-0.3, -0.25) is 9.58 Å². The fraction of sp³-hybridized carbons (Fsp3) is 0.471. The number of nitrogens with one attached hydrogen (secondary N) is 2. The Kier molecular flexibility index (Phi) is 3.93. The quantitative estimate of drug-likeness (QED) is 0.769. The molecule has 0 aliphatic carbocycles. The van der Waals surface area contributed by atoms with Gasteiger partial charge in [0.1, 0.15) is 17.8 Å². The Labute approximate surface area is 141 Å². The second kappa shape index (κ2) is 6.24. The molecule has 0 bridgehead atoms. The number of anilines is 1. The van der Waals surface area contributed by atoms with E-state index in [0.717, 1.165) is 29.9 Å². The number of likely N-dealkylation sites (tertiary alicyclic amines) is 1. The Hall–Kier alpha value is -2.41. The van der Waals surface area contributed by atoms with Crippen molar-refractivity contribution in [2.24, 2.45) is 13.0 Å². The number of nitrogens with zero attached hydrogens (tertiary/aromatic N) is 5. The Balaban J connectivity index is 1.56. The van der Waals surface area contributed by atoms with Crippen LogP contribution in [0.3, 0.4) is 0 Å². The molecule has 1 aliphatic rings. The summed E-state index contributed by atoms with van der Waals surface area (Å²) in [5.74, 6) is 1.42. The third-order valence-electron chi connectivity index (χ3n) is 5.05. The largest absolute Gasteiger partial charge is 0.369 e. The first-order valence-electron chi connectivity index (χ1n) is 8.44. The molecule has 0 saturated carbocycles. The molecular formula is C17H23N7. The lowest BCUT2D eigenvalue weighted by Gasteiger charge is -2.39. The van der Waals surface area contributed by atoms with Crippen LogP contribution in [0.1, 0.15) is 24.6 Å². The van der Waals surface area contributed by atoms with Crippen LogP contribution >= 0.6 is 0 Å². The van der Waals surface area contributed by atoms with Gasteiger partial charge in [-0.15, -0.1) is 0 Å². The number of H-pyrrole nitrogens is 1. The molecule has 2 atom stereocenters. The maximum Gasteiger partial charge on any atom is 0.142 e. The number of rotatable bonds is 4. The van der Waals surface area contributed by atoms with Crippen LogP contribution in [0, 0.1) is 5.92 Å². The zero-order valence-corrected chi connectivity index (χ0v) is 14.1. The van der Waals surface area contributed by atoms with Crippen LogP contribution in [0.4, 0.5) is 5.82 Å². The number of hydrogen-bond acceptors (Lipinski definition) is 5. The maximum atomic E-state index is 4.41. The SMILES string of the molecule is CN1CCC[C@@H](CNc2ncnc3[nH]ccc23)[C@@H]1c1ccnn1C. The van der Waals surface area contributed by atoms with E-state index in [0.29, 0.717) is 12.0 Å². The molecular weight excluding hydrogens is 302 g/mol. The molecule has 0 spiro atoms. The zero-order chi connectivity index (χ0) is 16.5. The van der Waals surface area contributed by atoms with Gasteiger partial charge in [-0.1, -0.05) is 0 Å². The van der Waals surface area contributed by atoms with Crippen molar-refractivity contribution in [2.75, 3.05) is 25.5 Å². The molecule has 7 nitrogen and oxygen atoms in total. The summed E-state index contributed by atoms with van der Waals surface area (Å²) < 4.78 is 1.99. The van der Waals surface area contributed by atoms with E-state index in [1.807, 2.05) is 30.2 Å². The molecule has 3 aromatic heterocycles. The first-order valence-corrected chi connectivity index (χ1v) is 8.44. The van der Waals surface area contributed by atoms with Crippen molar-refractivity contribution in [3.05, 3.63) is 36.5 Å². The van der Waals surface area contributed by atoms with E-state index in [4.69, 9.17) is 0 Å². The van der Waals surface area contributed by atoms with Crippen LogP contribution in [0.15, 0.2) is 30.9 Å². The molecule has 126 valence electrons. The predicted molar refractivity (Wildman–Crippen MR) is 93.7 cm³/mol. The summed E-state index contributed by atoms with van der Waals surface area (Å²) in [4.78, 5) is 14.2.